The zero-order valence-electron chi connectivity index (χ0n) is 10.5. The maximum Gasteiger partial charge on any atom is 0.0880 e. The average Bonchev–Trinajstić information content (AvgIpc) is 2.42. The van der Waals surface area contributed by atoms with Crippen LogP contribution in [0.15, 0.2) is 54.6 Å². The van der Waals surface area contributed by atoms with Gasteiger partial charge in [0.2, 0.25) is 0 Å². The van der Waals surface area contributed by atoms with Crippen LogP contribution < -0.4 is 0 Å². The zero-order valence-corrected chi connectivity index (χ0v) is 11.4. The maximum atomic E-state index is 10.0. The van der Waals surface area contributed by atoms with Crippen LogP contribution in [0.3, 0.4) is 0 Å². The molecule has 18 heavy (non-hydrogen) atoms. The highest BCUT2D eigenvalue weighted by Crippen LogP contribution is 2.21. The van der Waals surface area contributed by atoms with Gasteiger partial charge >= 0.3 is 0 Å². The Labute approximate surface area is 113 Å². The zero-order chi connectivity index (χ0) is 12.8. The summed E-state index contributed by atoms with van der Waals surface area (Å²) in [6.07, 6.45) is -0.373. The number of aliphatic hydroxyl groups excluding tert-OH is 1. The molecule has 0 bridgehead atoms. The van der Waals surface area contributed by atoms with Crippen LogP contribution in [0.1, 0.15) is 22.8 Å². The molecule has 2 aromatic carbocycles. The number of thioether (sulfide) groups is 1. The van der Waals surface area contributed by atoms with Crippen molar-refractivity contribution in [2.75, 3.05) is 5.75 Å². The van der Waals surface area contributed by atoms with E-state index in [0.29, 0.717) is 0 Å². The van der Waals surface area contributed by atoms with Crippen LogP contribution in [0.25, 0.3) is 0 Å². The van der Waals surface area contributed by atoms with E-state index in [9.17, 15) is 5.11 Å². The third kappa shape index (κ3) is 3.90. The minimum atomic E-state index is -0.373. The molecule has 0 aliphatic rings. The van der Waals surface area contributed by atoms with Crippen LogP contribution in [0.2, 0.25) is 0 Å². The first kappa shape index (κ1) is 13.2. The number of hydrogen-bond donors (Lipinski definition) is 1. The molecule has 0 aliphatic carbocycles. The highest BCUT2D eigenvalue weighted by molar-refractivity contribution is 7.98. The standard InChI is InChI=1S/C16H18OS/c1-13-7-9-14(10-8-13)11-18-12-16(17)15-5-3-2-4-6-15/h2-10,16-17H,11-12H2,1H3/t16-/m0/s1. The van der Waals surface area contributed by atoms with Crippen molar-refractivity contribution in [1.29, 1.82) is 0 Å². The summed E-state index contributed by atoms with van der Waals surface area (Å²) < 4.78 is 0. The van der Waals surface area contributed by atoms with Crippen LogP contribution in [-0.4, -0.2) is 10.9 Å². The Hall–Kier alpha value is -1.25. The van der Waals surface area contributed by atoms with Gasteiger partial charge in [-0.2, -0.15) is 11.8 Å². The van der Waals surface area contributed by atoms with Gasteiger partial charge in [0.1, 0.15) is 0 Å². The topological polar surface area (TPSA) is 20.2 Å². The fraction of sp³-hybridized carbons (Fsp3) is 0.250. The molecule has 94 valence electrons. The molecule has 2 heteroatoms. The molecule has 0 aromatic heterocycles. The molecule has 0 saturated heterocycles. The van der Waals surface area contributed by atoms with E-state index in [1.165, 1.54) is 11.1 Å². The summed E-state index contributed by atoms with van der Waals surface area (Å²) in [6.45, 7) is 2.09. The lowest BCUT2D eigenvalue weighted by Crippen LogP contribution is -2.00. The van der Waals surface area contributed by atoms with Crippen LogP contribution in [0.4, 0.5) is 0 Å². The lowest BCUT2D eigenvalue weighted by molar-refractivity contribution is 0.204. The number of hydrogen-bond acceptors (Lipinski definition) is 2. The summed E-state index contributed by atoms with van der Waals surface area (Å²) in [5.41, 5.74) is 3.59. The second-order valence-corrected chi connectivity index (χ2v) is 5.46. The van der Waals surface area contributed by atoms with E-state index >= 15 is 0 Å². The van der Waals surface area contributed by atoms with Crippen LogP contribution in [0, 0.1) is 6.92 Å². The van der Waals surface area contributed by atoms with Gasteiger partial charge in [-0.3, -0.25) is 0 Å². The Morgan fingerprint density at radius 1 is 1.00 bits per heavy atom. The largest absolute Gasteiger partial charge is 0.388 e. The molecule has 0 fully saturated rings. The van der Waals surface area contributed by atoms with E-state index in [0.717, 1.165) is 17.1 Å². The molecular weight excluding hydrogens is 240 g/mol. The summed E-state index contributed by atoms with van der Waals surface area (Å²) in [7, 11) is 0. The van der Waals surface area contributed by atoms with Crippen molar-refractivity contribution in [3.63, 3.8) is 0 Å². The molecule has 0 amide bonds. The second-order valence-electron chi connectivity index (χ2n) is 4.43. The molecule has 0 spiro atoms. The Bertz CT molecular complexity index is 464. The van der Waals surface area contributed by atoms with Crippen molar-refractivity contribution in [1.82, 2.24) is 0 Å². The van der Waals surface area contributed by atoms with E-state index in [1.807, 2.05) is 30.3 Å². The Morgan fingerprint density at radius 2 is 1.67 bits per heavy atom. The van der Waals surface area contributed by atoms with E-state index in [1.54, 1.807) is 11.8 Å². The SMILES string of the molecule is Cc1ccc(CSC[C@H](O)c2ccccc2)cc1. The van der Waals surface area contributed by atoms with E-state index in [2.05, 4.69) is 31.2 Å². The predicted octanol–water partition coefficient (Wildman–Crippen LogP) is 3.96. The fourth-order valence-corrected chi connectivity index (χ4v) is 2.71. The first-order valence-corrected chi connectivity index (χ1v) is 7.27. The quantitative estimate of drug-likeness (QED) is 0.876. The van der Waals surface area contributed by atoms with Crippen LogP contribution in [0.5, 0.6) is 0 Å². The van der Waals surface area contributed by atoms with Crippen molar-refractivity contribution in [3.05, 3.63) is 71.3 Å². The Kier molecular flexibility index (Phi) is 4.85. The number of aliphatic hydroxyl groups is 1. The summed E-state index contributed by atoms with van der Waals surface area (Å²) in [6, 6.07) is 18.4. The van der Waals surface area contributed by atoms with Crippen LogP contribution in [-0.2, 0) is 5.75 Å². The minimum absolute atomic E-state index is 0.373. The molecule has 2 rings (SSSR count). The maximum absolute atomic E-state index is 10.0. The highest BCUT2D eigenvalue weighted by atomic mass is 32.2. The van der Waals surface area contributed by atoms with Crippen molar-refractivity contribution in [3.8, 4) is 0 Å². The third-order valence-electron chi connectivity index (χ3n) is 2.85. The van der Waals surface area contributed by atoms with Crippen molar-refractivity contribution >= 4 is 11.8 Å². The van der Waals surface area contributed by atoms with Gasteiger partial charge in [-0.05, 0) is 18.1 Å². The molecule has 1 N–H and O–H groups in total. The molecular formula is C16H18OS. The van der Waals surface area contributed by atoms with Gasteiger partial charge in [-0.1, -0.05) is 60.2 Å². The molecule has 0 radical (unpaired) electrons. The monoisotopic (exact) mass is 258 g/mol. The molecule has 1 nitrogen and oxygen atoms in total. The smallest absolute Gasteiger partial charge is 0.0880 e. The summed E-state index contributed by atoms with van der Waals surface area (Å²) in [5, 5.41) is 10.0. The van der Waals surface area contributed by atoms with Gasteiger partial charge in [0.25, 0.3) is 0 Å². The minimum Gasteiger partial charge on any atom is -0.388 e. The fourth-order valence-electron chi connectivity index (χ4n) is 1.74. The van der Waals surface area contributed by atoms with Gasteiger partial charge in [-0.15, -0.1) is 0 Å². The molecule has 1 atom stereocenters. The Balaban J connectivity index is 1.80. The van der Waals surface area contributed by atoms with Crippen LogP contribution >= 0.6 is 11.8 Å². The van der Waals surface area contributed by atoms with Crippen molar-refractivity contribution < 1.29 is 5.11 Å². The van der Waals surface area contributed by atoms with Crippen molar-refractivity contribution in [2.24, 2.45) is 0 Å². The molecule has 0 heterocycles. The summed E-state index contributed by atoms with van der Waals surface area (Å²) in [5.74, 6) is 1.68. The first-order valence-electron chi connectivity index (χ1n) is 6.12. The number of rotatable bonds is 5. The number of benzene rings is 2. The molecule has 0 aliphatic heterocycles. The highest BCUT2D eigenvalue weighted by Gasteiger charge is 2.06. The third-order valence-corrected chi connectivity index (χ3v) is 3.94. The van der Waals surface area contributed by atoms with Crippen molar-refractivity contribution in [2.45, 2.75) is 18.8 Å². The molecule has 2 aromatic rings. The normalized spacial score (nSPS) is 12.3. The van der Waals surface area contributed by atoms with Gasteiger partial charge < -0.3 is 5.11 Å². The second kappa shape index (κ2) is 6.62. The average molecular weight is 258 g/mol. The first-order chi connectivity index (χ1) is 8.75. The lowest BCUT2D eigenvalue weighted by atomic mass is 10.1. The predicted molar refractivity (Wildman–Crippen MR) is 78.7 cm³/mol. The summed E-state index contributed by atoms with van der Waals surface area (Å²) in [4.78, 5) is 0. The van der Waals surface area contributed by atoms with Gasteiger partial charge in [0.05, 0.1) is 6.10 Å². The van der Waals surface area contributed by atoms with E-state index < -0.39 is 0 Å². The van der Waals surface area contributed by atoms with E-state index in [4.69, 9.17) is 0 Å². The Morgan fingerprint density at radius 3 is 2.33 bits per heavy atom. The molecule has 0 saturated carbocycles. The van der Waals surface area contributed by atoms with Gasteiger partial charge in [-0.25, -0.2) is 0 Å². The summed E-state index contributed by atoms with van der Waals surface area (Å²) >= 11 is 1.77. The van der Waals surface area contributed by atoms with E-state index in [-0.39, 0.29) is 6.10 Å². The lowest BCUT2D eigenvalue weighted by Gasteiger charge is -2.10. The van der Waals surface area contributed by atoms with Gasteiger partial charge in [0.15, 0.2) is 0 Å². The molecule has 0 unspecified atom stereocenters. The van der Waals surface area contributed by atoms with Gasteiger partial charge in [0, 0.05) is 11.5 Å². The number of aryl methyl sites for hydroxylation is 1.